The summed E-state index contributed by atoms with van der Waals surface area (Å²) >= 11 is 0. The van der Waals surface area contributed by atoms with Crippen LogP contribution in [0.5, 0.6) is 5.75 Å². The number of hydrogen-bond donors (Lipinski definition) is 4. The Labute approximate surface area is 203 Å². The van der Waals surface area contributed by atoms with Gasteiger partial charge < -0.3 is 21.1 Å². The van der Waals surface area contributed by atoms with Gasteiger partial charge in [0.25, 0.3) is 0 Å². The van der Waals surface area contributed by atoms with E-state index in [0.717, 1.165) is 41.2 Å². The Morgan fingerprint density at radius 3 is 2.15 bits per heavy atom. The van der Waals surface area contributed by atoms with Crippen molar-refractivity contribution < 1.29 is 14.7 Å². The minimum atomic E-state index is 0.0131. The normalized spacial score (nSPS) is 9.56. The molecule has 0 saturated heterocycles. The molecule has 0 spiro atoms. The minimum absolute atomic E-state index is 0.0131. The molecule has 3 aromatic carbocycles. The van der Waals surface area contributed by atoms with Crippen LogP contribution < -0.4 is 16.0 Å². The van der Waals surface area contributed by atoms with E-state index in [0.29, 0.717) is 11.8 Å². The van der Waals surface area contributed by atoms with Gasteiger partial charge in [0.2, 0.25) is 0 Å². The topological polar surface area (TPSA) is 90.5 Å². The van der Waals surface area contributed by atoms with Crippen LogP contribution in [0.15, 0.2) is 66.7 Å². The summed E-state index contributed by atoms with van der Waals surface area (Å²) in [7, 11) is 3.70. The summed E-state index contributed by atoms with van der Waals surface area (Å²) in [4.78, 5) is 21.9. The lowest BCUT2D eigenvalue weighted by atomic mass is 10.0. The quantitative estimate of drug-likeness (QED) is 0.145. The van der Waals surface area contributed by atoms with Crippen molar-refractivity contribution in [2.24, 2.45) is 0 Å². The number of carbonyl (C=O) groups excluding carboxylic acids is 2. The molecule has 182 valence electrons. The summed E-state index contributed by atoms with van der Waals surface area (Å²) in [5.41, 5.74) is 5.00. The zero-order chi connectivity index (χ0) is 25.3. The summed E-state index contributed by atoms with van der Waals surface area (Å²) in [6, 6.07) is 20.8. The van der Waals surface area contributed by atoms with Crippen LogP contribution in [0.4, 0.5) is 11.4 Å². The highest BCUT2D eigenvalue weighted by molar-refractivity contribution is 6.00. The minimum Gasteiger partial charge on any atom is -0.507 e. The molecule has 34 heavy (non-hydrogen) atoms. The van der Waals surface area contributed by atoms with Gasteiger partial charge >= 0.3 is 0 Å². The van der Waals surface area contributed by atoms with E-state index in [9.17, 15) is 14.7 Å². The number of ketones is 1. The summed E-state index contributed by atoms with van der Waals surface area (Å²) in [5, 5.41) is 18.4. The number of nitrogens with one attached hydrogen (secondary N) is 3. The molecule has 0 atom stereocenters. The first kappa shape index (κ1) is 28.4. The van der Waals surface area contributed by atoms with E-state index in [1.807, 2.05) is 50.5 Å². The maximum atomic E-state index is 11.4. The van der Waals surface area contributed by atoms with Crippen LogP contribution in [-0.4, -0.2) is 44.4 Å². The van der Waals surface area contributed by atoms with Gasteiger partial charge in [0.15, 0.2) is 12.1 Å². The highest BCUT2D eigenvalue weighted by atomic mass is 16.3. The van der Waals surface area contributed by atoms with E-state index in [4.69, 9.17) is 0 Å². The van der Waals surface area contributed by atoms with Crippen molar-refractivity contribution in [3.05, 3.63) is 77.9 Å². The van der Waals surface area contributed by atoms with Crippen molar-refractivity contribution in [1.82, 2.24) is 5.32 Å². The van der Waals surface area contributed by atoms with E-state index in [1.54, 1.807) is 19.1 Å². The highest BCUT2D eigenvalue weighted by Crippen LogP contribution is 2.25. The molecule has 0 bridgehead atoms. The smallest absolute Gasteiger partial charge is 0.161 e. The second-order valence-corrected chi connectivity index (χ2v) is 7.56. The number of benzene rings is 3. The molecule has 3 aromatic rings. The van der Waals surface area contributed by atoms with E-state index in [2.05, 4.69) is 41.9 Å². The van der Waals surface area contributed by atoms with Gasteiger partial charge in [-0.25, -0.2) is 0 Å². The van der Waals surface area contributed by atoms with E-state index < -0.39 is 0 Å². The van der Waals surface area contributed by atoms with Gasteiger partial charge in [0.05, 0.1) is 5.56 Å². The maximum Gasteiger partial charge on any atom is 0.161 e. The molecule has 3 rings (SSSR count). The first-order valence-electron chi connectivity index (χ1n) is 11.5. The fourth-order valence-electron chi connectivity index (χ4n) is 2.96. The first-order valence-corrected chi connectivity index (χ1v) is 11.5. The van der Waals surface area contributed by atoms with Gasteiger partial charge in [-0.15, -0.1) is 0 Å². The van der Waals surface area contributed by atoms with E-state index in [1.165, 1.54) is 12.5 Å². The second kappa shape index (κ2) is 16.0. The van der Waals surface area contributed by atoms with E-state index >= 15 is 0 Å². The molecule has 6 nitrogen and oxygen atoms in total. The Bertz CT molecular complexity index is 1020. The summed E-state index contributed by atoms with van der Waals surface area (Å²) in [5.74, 6) is 0.0909. The molecule has 0 aliphatic rings. The van der Waals surface area contributed by atoms with Crippen LogP contribution >= 0.6 is 0 Å². The SMILES string of the molecule is CCC.CNCCNc1ccc(O)c(C=O)c1.CNc1cc(-c2ccccc2)ccc1C(C)=O. The van der Waals surface area contributed by atoms with Gasteiger partial charge in [-0.3, -0.25) is 9.59 Å². The molecule has 0 radical (unpaired) electrons. The number of hydrogen-bond acceptors (Lipinski definition) is 6. The van der Waals surface area contributed by atoms with Gasteiger partial charge in [-0.2, -0.15) is 0 Å². The van der Waals surface area contributed by atoms with Crippen LogP contribution in [0.2, 0.25) is 0 Å². The van der Waals surface area contributed by atoms with Gasteiger partial charge in [0.1, 0.15) is 5.75 Å². The molecule has 0 saturated carbocycles. The van der Waals surface area contributed by atoms with Crippen LogP contribution in [0.25, 0.3) is 11.1 Å². The van der Waals surface area contributed by atoms with Crippen molar-refractivity contribution in [1.29, 1.82) is 0 Å². The van der Waals surface area contributed by atoms with Gasteiger partial charge in [-0.1, -0.05) is 56.7 Å². The van der Waals surface area contributed by atoms with Gasteiger partial charge in [0, 0.05) is 37.1 Å². The number of Topliss-reactive ketones (excluding diaryl/α,β-unsaturated/α-hetero) is 1. The molecule has 0 aromatic heterocycles. The van der Waals surface area contributed by atoms with Crippen molar-refractivity contribution >= 4 is 23.4 Å². The van der Waals surface area contributed by atoms with Crippen molar-refractivity contribution in [2.75, 3.05) is 37.8 Å². The fraction of sp³-hybridized carbons (Fsp3) is 0.286. The predicted octanol–water partition coefficient (Wildman–Crippen LogP) is 5.85. The third-order valence-corrected chi connectivity index (χ3v) is 4.63. The lowest BCUT2D eigenvalue weighted by molar-refractivity contribution is 0.101. The molecular formula is C28H37N3O3. The molecule has 0 heterocycles. The summed E-state index contributed by atoms with van der Waals surface area (Å²) in [6.07, 6.45) is 1.89. The van der Waals surface area contributed by atoms with Crippen molar-refractivity contribution in [3.8, 4) is 16.9 Å². The third kappa shape index (κ3) is 9.46. The van der Waals surface area contributed by atoms with Crippen LogP contribution in [0, 0.1) is 0 Å². The average molecular weight is 464 g/mol. The van der Waals surface area contributed by atoms with Gasteiger partial charge in [-0.05, 0) is 55.4 Å². The predicted molar refractivity (Wildman–Crippen MR) is 143 cm³/mol. The Balaban J connectivity index is 0.000000310. The maximum absolute atomic E-state index is 11.4. The monoisotopic (exact) mass is 463 g/mol. The molecule has 6 heteroatoms. The third-order valence-electron chi connectivity index (χ3n) is 4.63. The Morgan fingerprint density at radius 1 is 0.912 bits per heavy atom. The Hall–Kier alpha value is -3.64. The number of likely N-dealkylation sites (N-methyl/N-ethyl adjacent to an activating group) is 1. The highest BCUT2D eigenvalue weighted by Gasteiger charge is 2.07. The number of anilines is 2. The summed E-state index contributed by atoms with van der Waals surface area (Å²) < 4.78 is 0. The zero-order valence-electron chi connectivity index (χ0n) is 20.8. The zero-order valence-corrected chi connectivity index (χ0v) is 20.8. The first-order chi connectivity index (χ1) is 16.4. The molecular weight excluding hydrogens is 426 g/mol. The fourth-order valence-corrected chi connectivity index (χ4v) is 2.96. The largest absolute Gasteiger partial charge is 0.507 e. The number of carbonyl (C=O) groups is 2. The Kier molecular flexibility index (Phi) is 13.4. The average Bonchev–Trinajstić information content (AvgIpc) is 2.86. The van der Waals surface area contributed by atoms with Crippen molar-refractivity contribution in [3.63, 3.8) is 0 Å². The van der Waals surface area contributed by atoms with Crippen molar-refractivity contribution in [2.45, 2.75) is 27.2 Å². The van der Waals surface area contributed by atoms with Crippen LogP contribution in [0.3, 0.4) is 0 Å². The molecule has 0 aliphatic carbocycles. The lowest BCUT2D eigenvalue weighted by Crippen LogP contribution is -2.17. The number of phenols is 1. The second-order valence-electron chi connectivity index (χ2n) is 7.56. The van der Waals surface area contributed by atoms with Crippen LogP contribution in [-0.2, 0) is 0 Å². The number of rotatable bonds is 8. The number of aldehydes is 1. The molecule has 0 amide bonds. The van der Waals surface area contributed by atoms with E-state index in [-0.39, 0.29) is 11.5 Å². The summed E-state index contributed by atoms with van der Waals surface area (Å²) in [6.45, 7) is 7.45. The van der Waals surface area contributed by atoms with Crippen LogP contribution in [0.1, 0.15) is 47.9 Å². The molecule has 4 N–H and O–H groups in total. The molecule has 0 unspecified atom stereocenters. The standard InChI is InChI=1S/C15H15NO.C10H14N2O2.C3H8/c1-11(17)14-9-8-13(10-15(14)16-2)12-6-4-3-5-7-12;1-11-4-5-12-9-2-3-10(14)8(6-9)7-13;1-3-2/h3-10,16H,1-2H3;2-3,6-7,11-12,14H,4-5H2,1H3;3H2,1-2H3. The molecule has 0 fully saturated rings. The number of phenolic OH excluding ortho intramolecular Hbond substituents is 1. The number of aromatic hydroxyl groups is 1. The Morgan fingerprint density at radius 2 is 1.59 bits per heavy atom. The molecule has 0 aliphatic heterocycles. The lowest BCUT2D eigenvalue weighted by Gasteiger charge is -2.09.